The minimum atomic E-state index is -0.0236. The summed E-state index contributed by atoms with van der Waals surface area (Å²) in [5, 5.41) is 7.37. The maximum Gasteiger partial charge on any atom is 0.224 e. The van der Waals surface area contributed by atoms with Gasteiger partial charge in [0.15, 0.2) is 6.29 Å². The number of H-pyrrole nitrogens is 1. The lowest BCUT2D eigenvalue weighted by Gasteiger charge is -2.20. The van der Waals surface area contributed by atoms with Crippen LogP contribution in [0.2, 0.25) is 5.15 Å². The number of rotatable bonds is 5. The van der Waals surface area contributed by atoms with Crippen molar-refractivity contribution in [2.45, 2.75) is 38.5 Å². The SMILES string of the molecule is N/N=C\c1c(Cl)[nH]c2cc(NC(=O)CC3CCCCC3)cc(C=O)c12. The molecule has 2 aromatic rings. The Balaban J connectivity index is 1.84. The number of nitrogens with one attached hydrogen (secondary N) is 2. The van der Waals surface area contributed by atoms with Crippen molar-refractivity contribution < 1.29 is 9.59 Å². The molecule has 0 bridgehead atoms. The summed E-state index contributed by atoms with van der Waals surface area (Å²) < 4.78 is 0. The van der Waals surface area contributed by atoms with Crippen molar-refractivity contribution in [1.82, 2.24) is 4.98 Å². The number of anilines is 1. The van der Waals surface area contributed by atoms with E-state index in [1.807, 2.05) is 0 Å². The molecule has 1 aromatic carbocycles. The molecule has 7 heteroatoms. The Kier molecular flexibility index (Phi) is 5.38. The highest BCUT2D eigenvalue weighted by Crippen LogP contribution is 2.31. The zero-order valence-corrected chi connectivity index (χ0v) is 14.6. The molecule has 25 heavy (non-hydrogen) atoms. The smallest absolute Gasteiger partial charge is 0.224 e. The van der Waals surface area contributed by atoms with Crippen LogP contribution in [0.5, 0.6) is 0 Å². The highest BCUT2D eigenvalue weighted by molar-refractivity contribution is 6.34. The van der Waals surface area contributed by atoms with E-state index >= 15 is 0 Å². The van der Waals surface area contributed by atoms with Gasteiger partial charge >= 0.3 is 0 Å². The number of nitrogens with two attached hydrogens (primary N) is 1. The Morgan fingerprint density at radius 2 is 2.12 bits per heavy atom. The fourth-order valence-corrected chi connectivity index (χ4v) is 3.83. The first-order valence-corrected chi connectivity index (χ1v) is 8.83. The van der Waals surface area contributed by atoms with Gasteiger partial charge in [-0.05, 0) is 30.9 Å². The standard InChI is InChI=1S/C18H21ClN4O2/c19-18-14(9-21-20)17-12(10-24)7-13(8-15(17)23-18)22-16(25)6-11-4-2-1-3-5-11/h7-11,23H,1-6,20H2,(H,22,25)/b21-9-. The van der Waals surface area contributed by atoms with E-state index < -0.39 is 0 Å². The van der Waals surface area contributed by atoms with Gasteiger partial charge in [-0.1, -0.05) is 30.9 Å². The number of benzene rings is 1. The van der Waals surface area contributed by atoms with Crippen LogP contribution in [0.25, 0.3) is 10.9 Å². The number of aromatic amines is 1. The quantitative estimate of drug-likeness (QED) is 0.327. The molecule has 0 saturated heterocycles. The Morgan fingerprint density at radius 3 is 2.80 bits per heavy atom. The maximum absolute atomic E-state index is 12.3. The van der Waals surface area contributed by atoms with Crippen molar-refractivity contribution in [2.75, 3.05) is 5.32 Å². The number of carbonyl (C=O) groups is 2. The lowest BCUT2D eigenvalue weighted by Crippen LogP contribution is -2.18. The summed E-state index contributed by atoms with van der Waals surface area (Å²) in [5.41, 5.74) is 2.20. The monoisotopic (exact) mass is 360 g/mol. The van der Waals surface area contributed by atoms with E-state index in [-0.39, 0.29) is 5.91 Å². The van der Waals surface area contributed by atoms with E-state index in [1.54, 1.807) is 12.1 Å². The first-order chi connectivity index (χ1) is 12.1. The van der Waals surface area contributed by atoms with Gasteiger partial charge in [0.1, 0.15) is 5.15 Å². The number of fused-ring (bicyclic) bond motifs is 1. The van der Waals surface area contributed by atoms with Gasteiger partial charge in [-0.25, -0.2) is 0 Å². The van der Waals surface area contributed by atoms with E-state index in [2.05, 4.69) is 15.4 Å². The Labute approximate surface area is 150 Å². The minimum absolute atomic E-state index is 0.0236. The molecule has 1 fully saturated rings. The number of nitrogens with zero attached hydrogens (tertiary/aromatic N) is 1. The van der Waals surface area contributed by atoms with Gasteiger partial charge in [0.25, 0.3) is 0 Å². The molecule has 3 rings (SSSR count). The van der Waals surface area contributed by atoms with Gasteiger partial charge in [0.05, 0.1) is 11.7 Å². The third-order valence-corrected chi connectivity index (χ3v) is 5.03. The Bertz CT molecular complexity index is 822. The van der Waals surface area contributed by atoms with Crippen molar-refractivity contribution in [3.63, 3.8) is 0 Å². The van der Waals surface area contributed by atoms with E-state index in [4.69, 9.17) is 17.4 Å². The van der Waals surface area contributed by atoms with Gasteiger partial charge in [0, 0.05) is 28.6 Å². The average molecular weight is 361 g/mol. The second-order valence-corrected chi connectivity index (χ2v) is 6.87. The average Bonchev–Trinajstić information content (AvgIpc) is 2.91. The highest BCUT2D eigenvalue weighted by Gasteiger charge is 2.18. The molecule has 132 valence electrons. The summed E-state index contributed by atoms with van der Waals surface area (Å²) in [6.07, 6.45) is 8.54. The molecule has 1 aromatic heterocycles. The van der Waals surface area contributed by atoms with Crippen LogP contribution in [0.3, 0.4) is 0 Å². The summed E-state index contributed by atoms with van der Waals surface area (Å²) in [5.74, 6) is 5.64. The van der Waals surface area contributed by atoms with Gasteiger partial charge in [-0.15, -0.1) is 0 Å². The largest absolute Gasteiger partial charge is 0.345 e. The van der Waals surface area contributed by atoms with Crippen LogP contribution >= 0.6 is 11.6 Å². The van der Waals surface area contributed by atoms with Gasteiger partial charge in [-0.3, -0.25) is 9.59 Å². The number of hydrazone groups is 1. The van der Waals surface area contributed by atoms with Crippen LogP contribution in [0, 0.1) is 5.92 Å². The zero-order valence-electron chi connectivity index (χ0n) is 13.8. The predicted molar refractivity (Wildman–Crippen MR) is 100 cm³/mol. The number of halogens is 1. The van der Waals surface area contributed by atoms with Crippen LogP contribution in [0.15, 0.2) is 17.2 Å². The van der Waals surface area contributed by atoms with Crippen molar-refractivity contribution in [3.8, 4) is 0 Å². The Hall–Kier alpha value is -2.34. The lowest BCUT2D eigenvalue weighted by molar-refractivity contribution is -0.117. The topological polar surface area (TPSA) is 100 Å². The summed E-state index contributed by atoms with van der Waals surface area (Å²) in [6, 6.07) is 3.41. The molecule has 6 nitrogen and oxygen atoms in total. The molecule has 0 spiro atoms. The van der Waals surface area contributed by atoms with Crippen LogP contribution in [0.1, 0.15) is 54.4 Å². The molecule has 1 heterocycles. The number of hydrogen-bond acceptors (Lipinski definition) is 4. The zero-order chi connectivity index (χ0) is 17.8. The summed E-state index contributed by atoms with van der Waals surface area (Å²) in [6.45, 7) is 0. The molecule has 0 atom stereocenters. The van der Waals surface area contributed by atoms with E-state index in [1.165, 1.54) is 25.5 Å². The summed E-state index contributed by atoms with van der Waals surface area (Å²) in [4.78, 5) is 26.8. The first-order valence-electron chi connectivity index (χ1n) is 8.46. The van der Waals surface area contributed by atoms with E-state index in [0.717, 1.165) is 19.1 Å². The molecular formula is C18H21ClN4O2. The number of amides is 1. The molecular weight excluding hydrogens is 340 g/mol. The molecule has 0 aliphatic heterocycles. The number of carbonyl (C=O) groups excluding carboxylic acids is 2. The fraction of sp³-hybridized carbons (Fsp3) is 0.389. The molecule has 0 unspecified atom stereocenters. The minimum Gasteiger partial charge on any atom is -0.345 e. The van der Waals surface area contributed by atoms with Crippen molar-refractivity contribution >= 4 is 46.6 Å². The van der Waals surface area contributed by atoms with Crippen LogP contribution < -0.4 is 11.2 Å². The number of hydrogen-bond donors (Lipinski definition) is 3. The van der Waals surface area contributed by atoms with Crippen molar-refractivity contribution in [2.24, 2.45) is 16.9 Å². The van der Waals surface area contributed by atoms with Crippen LogP contribution in [0.4, 0.5) is 5.69 Å². The molecule has 4 N–H and O–H groups in total. The first kappa shape index (κ1) is 17.5. The van der Waals surface area contributed by atoms with Crippen LogP contribution in [-0.4, -0.2) is 23.4 Å². The second kappa shape index (κ2) is 7.70. The summed E-state index contributed by atoms with van der Waals surface area (Å²) in [7, 11) is 0. The second-order valence-electron chi connectivity index (χ2n) is 6.49. The van der Waals surface area contributed by atoms with Gasteiger partial charge in [0.2, 0.25) is 5.91 Å². The maximum atomic E-state index is 12.3. The predicted octanol–water partition coefficient (Wildman–Crippen LogP) is 3.84. The third-order valence-electron chi connectivity index (χ3n) is 4.73. The van der Waals surface area contributed by atoms with Crippen LogP contribution in [-0.2, 0) is 4.79 Å². The molecule has 0 radical (unpaired) electrons. The van der Waals surface area contributed by atoms with E-state index in [9.17, 15) is 9.59 Å². The fourth-order valence-electron chi connectivity index (χ4n) is 3.59. The van der Waals surface area contributed by atoms with Gasteiger partial charge in [-0.2, -0.15) is 5.10 Å². The molecule has 1 aliphatic rings. The lowest BCUT2D eigenvalue weighted by atomic mass is 9.87. The number of aldehydes is 1. The van der Waals surface area contributed by atoms with E-state index in [0.29, 0.717) is 45.2 Å². The normalized spacial score (nSPS) is 15.7. The Morgan fingerprint density at radius 1 is 1.36 bits per heavy atom. The van der Waals surface area contributed by atoms with Crippen molar-refractivity contribution in [1.29, 1.82) is 0 Å². The number of aromatic nitrogens is 1. The molecule has 1 saturated carbocycles. The van der Waals surface area contributed by atoms with Crippen molar-refractivity contribution in [3.05, 3.63) is 28.4 Å². The molecule has 1 aliphatic carbocycles. The molecule has 1 amide bonds. The summed E-state index contributed by atoms with van der Waals surface area (Å²) >= 11 is 6.16. The highest BCUT2D eigenvalue weighted by atomic mass is 35.5. The third kappa shape index (κ3) is 3.85. The van der Waals surface area contributed by atoms with Gasteiger partial charge < -0.3 is 16.1 Å².